The van der Waals surface area contributed by atoms with Crippen LogP contribution in [0, 0.1) is 6.92 Å². The molecule has 2 heterocycles. The molecule has 0 amide bonds. The standard InChI is InChI=1S/C14H10BrNO2/c1-8-5-6-12(18-8)14(17)9-7-16-11-4-2-3-10(15)13(9)11/h2-7,16H,1H3. The van der Waals surface area contributed by atoms with Gasteiger partial charge in [-0.25, -0.2) is 0 Å². The molecule has 3 rings (SSSR count). The average Bonchev–Trinajstić information content (AvgIpc) is 2.95. The van der Waals surface area contributed by atoms with Crippen LogP contribution in [0.2, 0.25) is 0 Å². The fourth-order valence-corrected chi connectivity index (χ4v) is 2.59. The van der Waals surface area contributed by atoms with Crippen molar-refractivity contribution < 1.29 is 9.21 Å². The molecule has 90 valence electrons. The summed E-state index contributed by atoms with van der Waals surface area (Å²) < 4.78 is 6.28. The summed E-state index contributed by atoms with van der Waals surface area (Å²) in [5.74, 6) is 0.989. The molecule has 3 nitrogen and oxygen atoms in total. The Labute approximate surface area is 112 Å². The number of carbonyl (C=O) groups excluding carboxylic acids is 1. The van der Waals surface area contributed by atoms with E-state index in [9.17, 15) is 4.79 Å². The second kappa shape index (κ2) is 4.14. The molecule has 0 radical (unpaired) electrons. The van der Waals surface area contributed by atoms with Crippen LogP contribution in [0.3, 0.4) is 0 Å². The largest absolute Gasteiger partial charge is 0.458 e. The number of hydrogen-bond donors (Lipinski definition) is 1. The number of furan rings is 1. The topological polar surface area (TPSA) is 46.0 Å². The molecule has 0 aliphatic rings. The Hall–Kier alpha value is -1.81. The molecule has 1 aromatic carbocycles. The number of rotatable bonds is 2. The van der Waals surface area contributed by atoms with Gasteiger partial charge in [0.25, 0.3) is 0 Å². The lowest BCUT2D eigenvalue weighted by Gasteiger charge is -1.98. The first-order valence-corrected chi connectivity index (χ1v) is 6.33. The zero-order valence-electron chi connectivity index (χ0n) is 9.66. The maximum Gasteiger partial charge on any atom is 0.230 e. The summed E-state index contributed by atoms with van der Waals surface area (Å²) in [5, 5.41) is 0.886. The van der Waals surface area contributed by atoms with Crippen LogP contribution in [-0.4, -0.2) is 10.8 Å². The molecule has 0 aliphatic heterocycles. The monoisotopic (exact) mass is 303 g/mol. The van der Waals surface area contributed by atoms with E-state index in [2.05, 4.69) is 20.9 Å². The van der Waals surface area contributed by atoms with Crippen molar-refractivity contribution in [2.75, 3.05) is 0 Å². The maximum atomic E-state index is 12.4. The lowest BCUT2D eigenvalue weighted by Crippen LogP contribution is -1.98. The van der Waals surface area contributed by atoms with Crippen LogP contribution in [0.15, 0.2) is 45.4 Å². The highest BCUT2D eigenvalue weighted by Gasteiger charge is 2.18. The van der Waals surface area contributed by atoms with E-state index in [-0.39, 0.29) is 5.78 Å². The van der Waals surface area contributed by atoms with E-state index in [1.165, 1.54) is 0 Å². The SMILES string of the molecule is Cc1ccc(C(=O)c2c[nH]c3cccc(Br)c23)o1. The molecule has 2 aromatic heterocycles. The number of nitrogens with one attached hydrogen (secondary N) is 1. The fourth-order valence-electron chi connectivity index (χ4n) is 2.01. The number of aryl methyl sites for hydroxylation is 1. The van der Waals surface area contributed by atoms with Gasteiger partial charge in [0.15, 0.2) is 5.76 Å². The lowest BCUT2D eigenvalue weighted by molar-refractivity contribution is 0.101. The van der Waals surface area contributed by atoms with Crippen LogP contribution >= 0.6 is 15.9 Å². The molecular weight excluding hydrogens is 294 g/mol. The fraction of sp³-hybridized carbons (Fsp3) is 0.0714. The summed E-state index contributed by atoms with van der Waals surface area (Å²) in [4.78, 5) is 15.4. The minimum atomic E-state index is -0.110. The zero-order chi connectivity index (χ0) is 12.7. The molecule has 4 heteroatoms. The van der Waals surface area contributed by atoms with Gasteiger partial charge in [0.2, 0.25) is 5.78 Å². The number of aromatic nitrogens is 1. The highest BCUT2D eigenvalue weighted by Crippen LogP contribution is 2.28. The van der Waals surface area contributed by atoms with Gasteiger partial charge in [0.1, 0.15) is 5.76 Å². The van der Waals surface area contributed by atoms with E-state index >= 15 is 0 Å². The Bertz CT molecular complexity index is 739. The predicted molar refractivity (Wildman–Crippen MR) is 72.9 cm³/mol. The van der Waals surface area contributed by atoms with Crippen LogP contribution < -0.4 is 0 Å². The van der Waals surface area contributed by atoms with Crippen molar-refractivity contribution in [3.05, 3.63) is 58.1 Å². The second-order valence-electron chi connectivity index (χ2n) is 4.10. The molecule has 0 atom stereocenters. The Balaban J connectivity index is 2.18. The molecule has 0 saturated heterocycles. The Morgan fingerprint density at radius 1 is 1.28 bits per heavy atom. The molecule has 18 heavy (non-hydrogen) atoms. The summed E-state index contributed by atoms with van der Waals surface area (Å²) in [7, 11) is 0. The Morgan fingerprint density at radius 3 is 2.83 bits per heavy atom. The number of hydrogen-bond acceptors (Lipinski definition) is 2. The first-order chi connectivity index (χ1) is 8.66. The zero-order valence-corrected chi connectivity index (χ0v) is 11.2. The first-order valence-electron chi connectivity index (χ1n) is 5.53. The summed E-state index contributed by atoms with van der Waals surface area (Å²) in [6.45, 7) is 1.82. The van der Waals surface area contributed by atoms with Gasteiger partial charge in [-0.2, -0.15) is 0 Å². The van der Waals surface area contributed by atoms with Gasteiger partial charge in [0.05, 0.1) is 5.56 Å². The highest BCUT2D eigenvalue weighted by atomic mass is 79.9. The molecule has 0 unspecified atom stereocenters. The smallest absolute Gasteiger partial charge is 0.230 e. The van der Waals surface area contributed by atoms with Crippen LogP contribution in [-0.2, 0) is 0 Å². The van der Waals surface area contributed by atoms with Crippen molar-refractivity contribution in [2.24, 2.45) is 0 Å². The summed E-state index contributed by atoms with van der Waals surface area (Å²) in [6.07, 6.45) is 1.72. The van der Waals surface area contributed by atoms with Gasteiger partial charge in [0, 0.05) is 21.6 Å². The molecule has 0 bridgehead atoms. The molecule has 1 N–H and O–H groups in total. The quantitative estimate of drug-likeness (QED) is 0.726. The third kappa shape index (κ3) is 1.69. The number of aromatic amines is 1. The number of H-pyrrole nitrogens is 1. The van der Waals surface area contributed by atoms with Crippen LogP contribution in [0.5, 0.6) is 0 Å². The van der Waals surface area contributed by atoms with E-state index < -0.39 is 0 Å². The second-order valence-corrected chi connectivity index (χ2v) is 4.96. The summed E-state index contributed by atoms with van der Waals surface area (Å²) in [6, 6.07) is 9.27. The van der Waals surface area contributed by atoms with Crippen LogP contribution in [0.1, 0.15) is 21.9 Å². The van der Waals surface area contributed by atoms with E-state index in [1.807, 2.05) is 25.1 Å². The van der Waals surface area contributed by atoms with Crippen molar-refractivity contribution >= 4 is 32.6 Å². The Kier molecular flexibility index (Phi) is 2.59. The van der Waals surface area contributed by atoms with Crippen molar-refractivity contribution in [1.82, 2.24) is 4.98 Å². The number of fused-ring (bicyclic) bond motifs is 1. The Morgan fingerprint density at radius 2 is 2.11 bits per heavy atom. The minimum absolute atomic E-state index is 0.110. The van der Waals surface area contributed by atoms with E-state index in [0.29, 0.717) is 11.3 Å². The number of benzene rings is 1. The third-order valence-electron chi connectivity index (χ3n) is 2.86. The van der Waals surface area contributed by atoms with E-state index in [0.717, 1.165) is 21.1 Å². The van der Waals surface area contributed by atoms with Gasteiger partial charge >= 0.3 is 0 Å². The number of ketones is 1. The van der Waals surface area contributed by atoms with Gasteiger partial charge in [-0.05, 0) is 31.2 Å². The van der Waals surface area contributed by atoms with Crippen molar-refractivity contribution in [2.45, 2.75) is 6.92 Å². The average molecular weight is 304 g/mol. The molecule has 0 saturated carbocycles. The molecule has 0 spiro atoms. The third-order valence-corrected chi connectivity index (χ3v) is 3.52. The van der Waals surface area contributed by atoms with Crippen LogP contribution in [0.25, 0.3) is 10.9 Å². The minimum Gasteiger partial charge on any atom is -0.458 e. The molecular formula is C14H10BrNO2. The molecule has 0 fully saturated rings. The van der Waals surface area contributed by atoms with Gasteiger partial charge < -0.3 is 9.40 Å². The summed E-state index contributed by atoms with van der Waals surface area (Å²) >= 11 is 3.47. The molecule has 0 aliphatic carbocycles. The number of carbonyl (C=O) groups is 1. The predicted octanol–water partition coefficient (Wildman–Crippen LogP) is 4.06. The van der Waals surface area contributed by atoms with Gasteiger partial charge in [-0.1, -0.05) is 22.0 Å². The summed E-state index contributed by atoms with van der Waals surface area (Å²) in [5.41, 5.74) is 1.54. The van der Waals surface area contributed by atoms with Crippen LogP contribution in [0.4, 0.5) is 0 Å². The lowest BCUT2D eigenvalue weighted by atomic mass is 10.1. The maximum absolute atomic E-state index is 12.4. The highest BCUT2D eigenvalue weighted by molar-refractivity contribution is 9.10. The van der Waals surface area contributed by atoms with Crippen molar-refractivity contribution in [3.63, 3.8) is 0 Å². The van der Waals surface area contributed by atoms with Gasteiger partial charge in [-0.15, -0.1) is 0 Å². The van der Waals surface area contributed by atoms with Crippen molar-refractivity contribution in [1.29, 1.82) is 0 Å². The van der Waals surface area contributed by atoms with E-state index in [1.54, 1.807) is 18.3 Å². The van der Waals surface area contributed by atoms with Crippen molar-refractivity contribution in [3.8, 4) is 0 Å². The number of halogens is 1. The van der Waals surface area contributed by atoms with Gasteiger partial charge in [-0.3, -0.25) is 4.79 Å². The first kappa shape index (κ1) is 11.3. The molecule has 3 aromatic rings. The van der Waals surface area contributed by atoms with E-state index in [4.69, 9.17) is 4.42 Å². The normalized spacial score (nSPS) is 11.0.